The van der Waals surface area contributed by atoms with Crippen molar-refractivity contribution in [2.45, 2.75) is 6.92 Å². The van der Waals surface area contributed by atoms with E-state index in [4.69, 9.17) is 10.5 Å². The lowest BCUT2D eigenvalue weighted by Gasteiger charge is -2.05. The average molecular weight is 178 g/mol. The first kappa shape index (κ1) is 9.29. The summed E-state index contributed by atoms with van der Waals surface area (Å²) >= 11 is 0. The Hall–Kier alpha value is -1.80. The Morgan fingerprint density at radius 1 is 1.62 bits per heavy atom. The van der Waals surface area contributed by atoms with E-state index < -0.39 is 0 Å². The zero-order valence-corrected chi connectivity index (χ0v) is 7.28. The van der Waals surface area contributed by atoms with Gasteiger partial charge in [0, 0.05) is 6.07 Å². The highest BCUT2D eigenvalue weighted by Gasteiger charge is 2.00. The Morgan fingerprint density at radius 3 is 3.00 bits per heavy atom. The molecule has 0 aliphatic carbocycles. The Labute approximate surface area is 76.0 Å². The Bertz CT molecular complexity index is 343. The number of hydrogen-bond acceptors (Lipinski definition) is 4. The molecule has 1 rings (SSSR count). The van der Waals surface area contributed by atoms with Crippen molar-refractivity contribution in [1.82, 2.24) is 0 Å². The minimum Gasteiger partial charge on any atom is -0.492 e. The highest BCUT2D eigenvalue weighted by Crippen LogP contribution is 2.26. The number of nitrogens with two attached hydrogens (primary N) is 1. The monoisotopic (exact) mass is 178 g/mol. The van der Waals surface area contributed by atoms with Crippen molar-refractivity contribution in [3.63, 3.8) is 0 Å². The minimum atomic E-state index is 0.493. The molecule has 0 radical (unpaired) electrons. The van der Waals surface area contributed by atoms with E-state index in [2.05, 4.69) is 4.99 Å². The van der Waals surface area contributed by atoms with E-state index in [0.29, 0.717) is 23.7 Å². The number of aliphatic imine (C=N–C) groups is 1. The van der Waals surface area contributed by atoms with Gasteiger partial charge < -0.3 is 10.5 Å². The molecule has 68 valence electrons. The van der Waals surface area contributed by atoms with Crippen molar-refractivity contribution < 1.29 is 9.53 Å². The van der Waals surface area contributed by atoms with E-state index in [1.807, 2.05) is 6.92 Å². The van der Waals surface area contributed by atoms with Crippen LogP contribution in [0.25, 0.3) is 0 Å². The summed E-state index contributed by atoms with van der Waals surface area (Å²) in [6.07, 6.45) is 1.45. The van der Waals surface area contributed by atoms with Crippen molar-refractivity contribution in [3.8, 4) is 5.75 Å². The van der Waals surface area contributed by atoms with Gasteiger partial charge in [-0.1, -0.05) is 0 Å². The lowest BCUT2D eigenvalue weighted by Crippen LogP contribution is -1.95. The molecule has 0 spiro atoms. The molecule has 0 unspecified atom stereocenters. The van der Waals surface area contributed by atoms with Crippen LogP contribution in [0.1, 0.15) is 6.92 Å². The average Bonchev–Trinajstić information content (AvgIpc) is 2.12. The molecule has 0 bridgehead atoms. The number of benzene rings is 1. The van der Waals surface area contributed by atoms with E-state index in [0.717, 1.165) is 0 Å². The van der Waals surface area contributed by atoms with Gasteiger partial charge in [-0.25, -0.2) is 4.79 Å². The zero-order valence-electron chi connectivity index (χ0n) is 7.28. The maximum atomic E-state index is 9.96. The number of ether oxygens (including phenoxy) is 1. The lowest BCUT2D eigenvalue weighted by molar-refractivity contribution is 0.342. The first-order valence-corrected chi connectivity index (χ1v) is 3.88. The number of isocyanates is 1. The third-order valence-corrected chi connectivity index (χ3v) is 1.47. The molecule has 0 heterocycles. The van der Waals surface area contributed by atoms with Crippen LogP contribution < -0.4 is 10.5 Å². The van der Waals surface area contributed by atoms with E-state index >= 15 is 0 Å². The number of nitrogen functional groups attached to an aromatic ring is 1. The van der Waals surface area contributed by atoms with Crippen LogP contribution in [0.15, 0.2) is 23.2 Å². The lowest BCUT2D eigenvalue weighted by atomic mass is 10.2. The van der Waals surface area contributed by atoms with Crippen LogP contribution in [0, 0.1) is 0 Å². The smallest absolute Gasteiger partial charge is 0.240 e. The summed E-state index contributed by atoms with van der Waals surface area (Å²) in [7, 11) is 0. The van der Waals surface area contributed by atoms with Gasteiger partial charge in [-0.05, 0) is 19.1 Å². The van der Waals surface area contributed by atoms with Crippen LogP contribution in [-0.2, 0) is 4.79 Å². The largest absolute Gasteiger partial charge is 0.492 e. The molecule has 0 saturated carbocycles. The topological polar surface area (TPSA) is 64.7 Å². The van der Waals surface area contributed by atoms with E-state index in [9.17, 15) is 4.79 Å². The summed E-state index contributed by atoms with van der Waals surface area (Å²) in [5.74, 6) is 0.541. The summed E-state index contributed by atoms with van der Waals surface area (Å²) in [5, 5.41) is 0. The molecule has 2 N–H and O–H groups in total. The van der Waals surface area contributed by atoms with Crippen molar-refractivity contribution in [3.05, 3.63) is 18.2 Å². The molecule has 0 aromatic heterocycles. The summed E-state index contributed by atoms with van der Waals surface area (Å²) in [6, 6.07) is 4.87. The van der Waals surface area contributed by atoms with E-state index in [1.54, 1.807) is 18.2 Å². The highest BCUT2D eigenvalue weighted by molar-refractivity contribution is 5.61. The second-order valence-electron chi connectivity index (χ2n) is 2.36. The van der Waals surface area contributed by atoms with Gasteiger partial charge in [0.2, 0.25) is 6.08 Å². The van der Waals surface area contributed by atoms with E-state index in [1.165, 1.54) is 6.08 Å². The molecule has 1 aromatic carbocycles. The number of rotatable bonds is 3. The Balaban J connectivity index is 3.03. The van der Waals surface area contributed by atoms with Crippen LogP contribution in [-0.4, -0.2) is 12.7 Å². The Morgan fingerprint density at radius 2 is 2.38 bits per heavy atom. The SMILES string of the molecule is CCOc1cc(N=C=O)ccc1N. The molecule has 0 saturated heterocycles. The van der Waals surface area contributed by atoms with Crippen molar-refractivity contribution >= 4 is 17.5 Å². The predicted octanol–water partition coefficient (Wildman–Crippen LogP) is 1.63. The van der Waals surface area contributed by atoms with Crippen molar-refractivity contribution in [1.29, 1.82) is 0 Å². The molecule has 13 heavy (non-hydrogen) atoms. The number of hydrogen-bond donors (Lipinski definition) is 1. The highest BCUT2D eigenvalue weighted by atomic mass is 16.5. The summed E-state index contributed by atoms with van der Waals surface area (Å²) in [6.45, 7) is 2.38. The summed E-state index contributed by atoms with van der Waals surface area (Å²) in [4.78, 5) is 13.4. The van der Waals surface area contributed by atoms with Crippen molar-refractivity contribution in [2.24, 2.45) is 4.99 Å². The first-order valence-electron chi connectivity index (χ1n) is 3.88. The van der Waals surface area contributed by atoms with E-state index in [-0.39, 0.29) is 0 Å². The fourth-order valence-electron chi connectivity index (χ4n) is 0.926. The molecule has 0 aliphatic heterocycles. The molecular weight excluding hydrogens is 168 g/mol. The first-order chi connectivity index (χ1) is 6.27. The number of carbonyl (C=O) groups excluding carboxylic acids is 1. The molecular formula is C9H10N2O2. The molecule has 0 fully saturated rings. The van der Waals surface area contributed by atoms with Gasteiger partial charge >= 0.3 is 0 Å². The minimum absolute atomic E-state index is 0.493. The maximum Gasteiger partial charge on any atom is 0.240 e. The third-order valence-electron chi connectivity index (χ3n) is 1.47. The molecule has 4 heteroatoms. The van der Waals surface area contributed by atoms with Crippen LogP contribution in [0.3, 0.4) is 0 Å². The quantitative estimate of drug-likeness (QED) is 0.434. The van der Waals surface area contributed by atoms with Crippen LogP contribution >= 0.6 is 0 Å². The second-order valence-corrected chi connectivity index (χ2v) is 2.36. The molecule has 1 aromatic rings. The van der Waals surface area contributed by atoms with Crippen molar-refractivity contribution in [2.75, 3.05) is 12.3 Å². The van der Waals surface area contributed by atoms with Crippen LogP contribution in [0.5, 0.6) is 5.75 Å². The fraction of sp³-hybridized carbons (Fsp3) is 0.222. The summed E-state index contributed by atoms with van der Waals surface area (Å²) in [5.41, 5.74) is 6.63. The van der Waals surface area contributed by atoms with Gasteiger partial charge in [-0.15, -0.1) is 0 Å². The van der Waals surface area contributed by atoms with Gasteiger partial charge in [0.1, 0.15) is 5.75 Å². The molecule has 0 amide bonds. The zero-order chi connectivity index (χ0) is 9.68. The normalized spacial score (nSPS) is 9.00. The van der Waals surface area contributed by atoms with Crippen LogP contribution in [0.4, 0.5) is 11.4 Å². The van der Waals surface area contributed by atoms with Gasteiger partial charge in [0.25, 0.3) is 0 Å². The molecule has 0 atom stereocenters. The summed E-state index contributed by atoms with van der Waals surface area (Å²) < 4.78 is 5.21. The van der Waals surface area contributed by atoms with Gasteiger partial charge in [0.15, 0.2) is 0 Å². The second kappa shape index (κ2) is 4.28. The third kappa shape index (κ3) is 2.32. The van der Waals surface area contributed by atoms with Gasteiger partial charge in [-0.2, -0.15) is 4.99 Å². The Kier molecular flexibility index (Phi) is 3.06. The van der Waals surface area contributed by atoms with Crippen LogP contribution in [0.2, 0.25) is 0 Å². The standard InChI is InChI=1S/C9H10N2O2/c1-2-13-9-5-7(11-6-12)3-4-8(9)10/h3-5H,2,10H2,1H3. The fourth-order valence-corrected chi connectivity index (χ4v) is 0.926. The number of anilines is 1. The van der Waals surface area contributed by atoms with Gasteiger partial charge in [0.05, 0.1) is 18.0 Å². The number of nitrogens with zero attached hydrogens (tertiary/aromatic N) is 1. The predicted molar refractivity (Wildman–Crippen MR) is 49.8 cm³/mol. The molecule has 0 aliphatic rings. The van der Waals surface area contributed by atoms with Gasteiger partial charge in [-0.3, -0.25) is 0 Å². The molecule has 4 nitrogen and oxygen atoms in total. The maximum absolute atomic E-state index is 9.96.